The average molecular weight is 399 g/mol. The molecule has 0 aromatic heterocycles. The van der Waals surface area contributed by atoms with Gasteiger partial charge in [0.05, 0.1) is 13.2 Å². The minimum Gasteiger partial charge on any atom is -0.497 e. The van der Waals surface area contributed by atoms with Crippen molar-refractivity contribution in [2.75, 3.05) is 51.3 Å². The summed E-state index contributed by atoms with van der Waals surface area (Å²) in [6.07, 6.45) is 5.68. The third kappa shape index (κ3) is 3.16. The van der Waals surface area contributed by atoms with Gasteiger partial charge in [-0.25, -0.2) is 0 Å². The van der Waals surface area contributed by atoms with Gasteiger partial charge in [0.25, 0.3) is 0 Å². The summed E-state index contributed by atoms with van der Waals surface area (Å²) in [5.41, 5.74) is 1.63. The van der Waals surface area contributed by atoms with Crippen molar-refractivity contribution in [2.45, 2.75) is 44.8 Å². The summed E-state index contributed by atoms with van der Waals surface area (Å²) < 4.78 is 11.5. The summed E-state index contributed by atoms with van der Waals surface area (Å²) in [5, 5.41) is 3.92. The molecule has 6 nitrogen and oxygen atoms in total. The van der Waals surface area contributed by atoms with Crippen LogP contribution in [0.25, 0.3) is 0 Å². The molecule has 2 heterocycles. The molecular formula is C23H34N4O2. The van der Waals surface area contributed by atoms with Crippen LogP contribution in [0, 0.1) is 11.3 Å². The zero-order chi connectivity index (χ0) is 19.8. The Balaban J connectivity index is 1.24. The Bertz CT molecular complexity index is 755. The monoisotopic (exact) mass is 398 g/mol. The Hall–Kier alpha value is -1.95. The van der Waals surface area contributed by atoms with Gasteiger partial charge >= 0.3 is 0 Å². The molecule has 2 aliphatic carbocycles. The molecule has 0 radical (unpaired) electrons. The Morgan fingerprint density at radius 1 is 1.28 bits per heavy atom. The molecule has 29 heavy (non-hydrogen) atoms. The van der Waals surface area contributed by atoms with Gasteiger partial charge in [-0.3, -0.25) is 4.99 Å². The standard InChI is InChI=1S/C23H34N4O2/c1-3-24-22(25-20-19-8-15-29-21(19)23(20)9-5-10-23)27-13-11-26(12-14-27)17-6-4-7-18(16-17)28-2/h4,6-7,16,19-21H,3,5,8-15H2,1-2H3,(H,24,25). The largest absolute Gasteiger partial charge is 0.497 e. The van der Waals surface area contributed by atoms with Crippen molar-refractivity contribution in [3.05, 3.63) is 24.3 Å². The Labute approximate surface area is 174 Å². The molecule has 1 aromatic rings. The first-order valence-electron chi connectivity index (χ1n) is 11.3. The van der Waals surface area contributed by atoms with Crippen molar-refractivity contribution in [3.63, 3.8) is 0 Å². The number of anilines is 1. The number of ether oxygens (including phenoxy) is 2. The molecule has 1 N–H and O–H groups in total. The maximum atomic E-state index is 6.10. The SMILES string of the molecule is CCN=C(NC1C2CCOC2C12CCC2)N1CCN(c2cccc(OC)c2)CC1. The molecule has 2 saturated heterocycles. The van der Waals surface area contributed by atoms with Gasteiger partial charge < -0.3 is 24.6 Å². The quantitative estimate of drug-likeness (QED) is 0.624. The van der Waals surface area contributed by atoms with E-state index in [1.54, 1.807) is 7.11 Å². The maximum Gasteiger partial charge on any atom is 0.194 e. The van der Waals surface area contributed by atoms with Crippen LogP contribution < -0.4 is 15.0 Å². The summed E-state index contributed by atoms with van der Waals surface area (Å²) in [7, 11) is 1.73. The first-order chi connectivity index (χ1) is 14.2. The number of methoxy groups -OCH3 is 1. The molecular weight excluding hydrogens is 364 g/mol. The van der Waals surface area contributed by atoms with E-state index in [4.69, 9.17) is 14.5 Å². The highest BCUT2D eigenvalue weighted by Crippen LogP contribution is 2.62. The van der Waals surface area contributed by atoms with E-state index in [0.29, 0.717) is 23.5 Å². The minimum atomic E-state index is 0.387. The zero-order valence-electron chi connectivity index (χ0n) is 17.8. The lowest BCUT2D eigenvalue weighted by atomic mass is 9.46. The number of nitrogens with one attached hydrogen (secondary N) is 1. The molecule has 6 heteroatoms. The van der Waals surface area contributed by atoms with Crippen LogP contribution in [0.4, 0.5) is 5.69 Å². The summed E-state index contributed by atoms with van der Waals surface area (Å²) >= 11 is 0. The summed E-state index contributed by atoms with van der Waals surface area (Å²) in [5.74, 6) is 2.71. The molecule has 158 valence electrons. The summed E-state index contributed by atoms with van der Waals surface area (Å²) in [6.45, 7) is 7.89. The number of fused-ring (bicyclic) bond motifs is 2. The van der Waals surface area contributed by atoms with E-state index < -0.39 is 0 Å². The molecule has 0 bridgehead atoms. The van der Waals surface area contributed by atoms with Gasteiger partial charge in [-0.1, -0.05) is 12.5 Å². The van der Waals surface area contributed by atoms with Crippen LogP contribution in [0.15, 0.2) is 29.3 Å². The van der Waals surface area contributed by atoms with Crippen LogP contribution in [-0.4, -0.2) is 69.4 Å². The van der Waals surface area contributed by atoms with E-state index in [9.17, 15) is 0 Å². The molecule has 1 aromatic carbocycles. The number of piperazine rings is 1. The Morgan fingerprint density at radius 2 is 2.10 bits per heavy atom. The normalized spacial score (nSPS) is 30.6. The smallest absolute Gasteiger partial charge is 0.194 e. The lowest BCUT2D eigenvalue weighted by molar-refractivity contribution is -0.171. The highest BCUT2D eigenvalue weighted by Gasteiger charge is 2.66. The van der Waals surface area contributed by atoms with E-state index in [0.717, 1.165) is 51.0 Å². The van der Waals surface area contributed by atoms with Crippen LogP contribution in [0.2, 0.25) is 0 Å². The van der Waals surface area contributed by atoms with Gasteiger partial charge in [-0.2, -0.15) is 0 Å². The van der Waals surface area contributed by atoms with Crippen molar-refractivity contribution >= 4 is 11.6 Å². The third-order valence-electron chi connectivity index (χ3n) is 7.63. The van der Waals surface area contributed by atoms with E-state index in [-0.39, 0.29) is 0 Å². The van der Waals surface area contributed by atoms with Crippen LogP contribution in [-0.2, 0) is 4.74 Å². The number of guanidine groups is 1. The van der Waals surface area contributed by atoms with Crippen molar-refractivity contribution < 1.29 is 9.47 Å². The summed E-state index contributed by atoms with van der Waals surface area (Å²) in [6, 6.07) is 8.92. The van der Waals surface area contributed by atoms with Gasteiger partial charge in [0.1, 0.15) is 5.75 Å². The van der Waals surface area contributed by atoms with Gasteiger partial charge in [-0.15, -0.1) is 0 Å². The van der Waals surface area contributed by atoms with Gasteiger partial charge in [-0.05, 0) is 38.3 Å². The van der Waals surface area contributed by atoms with Crippen molar-refractivity contribution in [2.24, 2.45) is 16.3 Å². The number of aliphatic imine (C=N–C) groups is 1. The first-order valence-corrected chi connectivity index (χ1v) is 11.3. The fourth-order valence-electron chi connectivity index (χ4n) is 5.97. The van der Waals surface area contributed by atoms with Crippen molar-refractivity contribution in [1.82, 2.24) is 10.2 Å². The number of hydrogen-bond acceptors (Lipinski definition) is 4. The van der Waals surface area contributed by atoms with Crippen LogP contribution in [0.1, 0.15) is 32.6 Å². The minimum absolute atomic E-state index is 0.387. The van der Waals surface area contributed by atoms with Crippen LogP contribution in [0.5, 0.6) is 5.75 Å². The zero-order valence-corrected chi connectivity index (χ0v) is 17.8. The predicted molar refractivity (Wildman–Crippen MR) is 116 cm³/mol. The van der Waals surface area contributed by atoms with Crippen LogP contribution in [0.3, 0.4) is 0 Å². The molecule has 2 saturated carbocycles. The summed E-state index contributed by atoms with van der Waals surface area (Å²) in [4.78, 5) is 9.78. The average Bonchev–Trinajstić information content (AvgIpc) is 3.15. The second-order valence-corrected chi connectivity index (χ2v) is 8.93. The second kappa shape index (κ2) is 7.71. The van der Waals surface area contributed by atoms with E-state index in [1.807, 2.05) is 6.07 Å². The second-order valence-electron chi connectivity index (χ2n) is 8.93. The Morgan fingerprint density at radius 3 is 2.79 bits per heavy atom. The third-order valence-corrected chi connectivity index (χ3v) is 7.63. The number of rotatable bonds is 4. The Kier molecular flexibility index (Phi) is 5.06. The highest BCUT2D eigenvalue weighted by atomic mass is 16.5. The molecule has 5 rings (SSSR count). The van der Waals surface area contributed by atoms with Crippen molar-refractivity contribution in [1.29, 1.82) is 0 Å². The van der Waals surface area contributed by atoms with Crippen LogP contribution >= 0.6 is 0 Å². The molecule has 4 fully saturated rings. The lowest BCUT2D eigenvalue weighted by Gasteiger charge is -2.63. The van der Waals surface area contributed by atoms with Gasteiger partial charge in [0, 0.05) is 68.5 Å². The predicted octanol–water partition coefficient (Wildman–Crippen LogP) is 2.74. The molecule has 3 unspecified atom stereocenters. The first kappa shape index (κ1) is 19.0. The molecule has 3 atom stereocenters. The molecule has 0 amide bonds. The number of benzene rings is 1. The molecule has 2 aliphatic heterocycles. The fourth-order valence-corrected chi connectivity index (χ4v) is 5.97. The maximum absolute atomic E-state index is 6.10. The van der Waals surface area contributed by atoms with E-state index >= 15 is 0 Å². The van der Waals surface area contributed by atoms with E-state index in [2.05, 4.69) is 40.2 Å². The number of nitrogens with zero attached hydrogens (tertiary/aromatic N) is 3. The molecule has 1 spiro atoms. The van der Waals surface area contributed by atoms with Gasteiger partial charge in [0.15, 0.2) is 5.96 Å². The van der Waals surface area contributed by atoms with E-state index in [1.165, 1.54) is 31.4 Å². The lowest BCUT2D eigenvalue weighted by Crippen LogP contribution is -2.73. The van der Waals surface area contributed by atoms with Gasteiger partial charge in [0.2, 0.25) is 0 Å². The number of hydrogen-bond donors (Lipinski definition) is 1. The molecule has 4 aliphatic rings. The highest BCUT2D eigenvalue weighted by molar-refractivity contribution is 5.81. The topological polar surface area (TPSA) is 49.3 Å². The fraction of sp³-hybridized carbons (Fsp3) is 0.696. The van der Waals surface area contributed by atoms with Crippen molar-refractivity contribution in [3.8, 4) is 5.75 Å².